The molecule has 0 radical (unpaired) electrons. The Labute approximate surface area is 203 Å². The fourth-order valence-corrected chi connectivity index (χ4v) is 4.23. The molecule has 0 aliphatic heterocycles. The lowest BCUT2D eigenvalue weighted by Gasteiger charge is -2.04. The molecule has 0 aliphatic rings. The molecule has 0 atom stereocenters. The number of nitrogens with zero attached hydrogens (tertiary/aromatic N) is 4. The Morgan fingerprint density at radius 3 is 2.18 bits per heavy atom. The summed E-state index contributed by atoms with van der Waals surface area (Å²) in [5, 5.41) is 4.89. The number of aromatic amines is 2. The van der Waals surface area contributed by atoms with Crippen LogP contribution in [0, 0.1) is 0 Å². The topological polar surface area (TPSA) is 104 Å². The van der Waals surface area contributed by atoms with E-state index in [9.17, 15) is 4.79 Å². The van der Waals surface area contributed by atoms with Crippen molar-refractivity contribution in [3.8, 4) is 11.6 Å². The number of para-hydroxylation sites is 2. The monoisotopic (exact) mass is 491 g/mol. The minimum absolute atomic E-state index is 0.221. The highest BCUT2D eigenvalue weighted by molar-refractivity contribution is 6.34. The molecule has 0 bridgehead atoms. The fourth-order valence-electron chi connectivity index (χ4n) is 3.79. The van der Waals surface area contributed by atoms with E-state index in [-0.39, 0.29) is 5.56 Å². The molecule has 6 rings (SSSR count). The van der Waals surface area contributed by atoms with Crippen LogP contribution in [0.3, 0.4) is 0 Å². The SMILES string of the molecule is CNc1nc2ccc3nc(-c4nc5ccccc5[nH]4)[nH]c(=O)c3c2n1C.Clc1cccc(Cl)c1. The molecule has 170 valence electrons. The van der Waals surface area contributed by atoms with Crippen LogP contribution in [0.2, 0.25) is 10.0 Å². The first-order chi connectivity index (χ1) is 16.4. The van der Waals surface area contributed by atoms with E-state index < -0.39 is 0 Å². The summed E-state index contributed by atoms with van der Waals surface area (Å²) in [6, 6.07) is 18.4. The van der Waals surface area contributed by atoms with E-state index in [1.165, 1.54) is 0 Å². The van der Waals surface area contributed by atoms with E-state index >= 15 is 0 Å². The van der Waals surface area contributed by atoms with Crippen LogP contribution in [0.1, 0.15) is 0 Å². The van der Waals surface area contributed by atoms with Gasteiger partial charge in [0.15, 0.2) is 11.6 Å². The summed E-state index contributed by atoms with van der Waals surface area (Å²) in [6.45, 7) is 0. The maximum absolute atomic E-state index is 12.9. The van der Waals surface area contributed by atoms with Crippen molar-refractivity contribution < 1.29 is 0 Å². The zero-order valence-corrected chi connectivity index (χ0v) is 19.7. The number of fused-ring (bicyclic) bond motifs is 4. The average Bonchev–Trinajstić information content (AvgIpc) is 3.40. The van der Waals surface area contributed by atoms with E-state index in [1.807, 2.05) is 54.1 Å². The van der Waals surface area contributed by atoms with Gasteiger partial charge in [-0.1, -0.05) is 41.4 Å². The molecule has 0 fully saturated rings. The number of aryl methyl sites for hydroxylation is 1. The lowest BCUT2D eigenvalue weighted by atomic mass is 10.2. The Balaban J connectivity index is 0.000000257. The summed E-state index contributed by atoms with van der Waals surface area (Å²) in [5.74, 6) is 1.63. The lowest BCUT2D eigenvalue weighted by molar-refractivity contribution is 0.954. The number of benzene rings is 3. The Morgan fingerprint density at radius 2 is 1.50 bits per heavy atom. The van der Waals surface area contributed by atoms with Crippen LogP contribution in [0.15, 0.2) is 65.5 Å². The largest absolute Gasteiger partial charge is 0.359 e. The van der Waals surface area contributed by atoms with Gasteiger partial charge in [-0.05, 0) is 42.5 Å². The van der Waals surface area contributed by atoms with Crippen molar-refractivity contribution in [3.05, 3.63) is 81.1 Å². The van der Waals surface area contributed by atoms with E-state index in [2.05, 4.69) is 30.2 Å². The fraction of sp³-hybridized carbons (Fsp3) is 0.0833. The average molecular weight is 492 g/mol. The van der Waals surface area contributed by atoms with Crippen LogP contribution >= 0.6 is 23.2 Å². The second kappa shape index (κ2) is 8.81. The Bertz CT molecular complexity index is 1670. The summed E-state index contributed by atoms with van der Waals surface area (Å²) in [7, 11) is 3.67. The molecule has 0 saturated carbocycles. The Kier molecular flexibility index (Phi) is 5.69. The van der Waals surface area contributed by atoms with Gasteiger partial charge in [0, 0.05) is 24.1 Å². The van der Waals surface area contributed by atoms with E-state index in [4.69, 9.17) is 23.2 Å². The van der Waals surface area contributed by atoms with Gasteiger partial charge in [0.05, 0.1) is 33.0 Å². The zero-order valence-electron chi connectivity index (χ0n) is 18.2. The van der Waals surface area contributed by atoms with Gasteiger partial charge in [0.2, 0.25) is 5.95 Å². The van der Waals surface area contributed by atoms with Crippen LogP contribution < -0.4 is 10.9 Å². The first-order valence-electron chi connectivity index (χ1n) is 10.4. The highest BCUT2D eigenvalue weighted by Gasteiger charge is 2.16. The molecule has 3 aromatic heterocycles. The second-order valence-corrected chi connectivity index (χ2v) is 8.40. The number of hydrogen-bond acceptors (Lipinski definition) is 5. The molecule has 3 N–H and O–H groups in total. The molecule has 0 spiro atoms. The van der Waals surface area contributed by atoms with Crippen molar-refractivity contribution in [3.63, 3.8) is 0 Å². The number of hydrogen-bond donors (Lipinski definition) is 3. The molecule has 0 saturated heterocycles. The van der Waals surface area contributed by atoms with Crippen molar-refractivity contribution >= 4 is 62.1 Å². The van der Waals surface area contributed by atoms with Crippen LogP contribution in [-0.2, 0) is 7.05 Å². The van der Waals surface area contributed by atoms with Crippen molar-refractivity contribution in [1.29, 1.82) is 0 Å². The molecule has 8 nitrogen and oxygen atoms in total. The number of H-pyrrole nitrogens is 2. The third-order valence-corrected chi connectivity index (χ3v) is 5.80. The molecule has 0 unspecified atom stereocenters. The number of nitrogens with one attached hydrogen (secondary N) is 3. The molecule has 3 aromatic carbocycles. The Morgan fingerprint density at radius 1 is 0.824 bits per heavy atom. The quantitative estimate of drug-likeness (QED) is 0.301. The predicted octanol–water partition coefficient (Wildman–Crippen LogP) is 5.39. The predicted molar refractivity (Wildman–Crippen MR) is 138 cm³/mol. The van der Waals surface area contributed by atoms with E-state index in [1.54, 1.807) is 25.2 Å². The summed E-state index contributed by atoms with van der Waals surface area (Å²) < 4.78 is 1.86. The molecule has 10 heteroatoms. The van der Waals surface area contributed by atoms with Crippen molar-refractivity contribution in [1.82, 2.24) is 29.5 Å². The van der Waals surface area contributed by atoms with Gasteiger partial charge >= 0.3 is 0 Å². The number of anilines is 1. The van der Waals surface area contributed by atoms with E-state index in [0.29, 0.717) is 38.5 Å². The summed E-state index contributed by atoms with van der Waals surface area (Å²) in [6.07, 6.45) is 0. The third kappa shape index (κ3) is 3.98. The van der Waals surface area contributed by atoms with Crippen LogP contribution in [0.25, 0.3) is 44.6 Å². The first kappa shape index (κ1) is 21.9. The number of halogens is 2. The van der Waals surface area contributed by atoms with Gasteiger partial charge in [0.25, 0.3) is 5.56 Å². The summed E-state index contributed by atoms with van der Waals surface area (Å²) in [4.78, 5) is 32.5. The Hall–Kier alpha value is -3.88. The maximum atomic E-state index is 12.9. The molecule has 0 amide bonds. The normalized spacial score (nSPS) is 11.1. The van der Waals surface area contributed by atoms with Crippen molar-refractivity contribution in [2.24, 2.45) is 7.05 Å². The third-order valence-electron chi connectivity index (χ3n) is 5.33. The van der Waals surface area contributed by atoms with Gasteiger partial charge in [-0.25, -0.2) is 15.0 Å². The van der Waals surface area contributed by atoms with Gasteiger partial charge in [-0.2, -0.15) is 0 Å². The molecule has 3 heterocycles. The van der Waals surface area contributed by atoms with Gasteiger partial charge in [-0.3, -0.25) is 4.79 Å². The highest BCUT2D eigenvalue weighted by Crippen LogP contribution is 2.25. The molecule has 0 aliphatic carbocycles. The first-order valence-corrected chi connectivity index (χ1v) is 11.1. The standard InChI is InChI=1S/C18H15N7O.C6H4Cl2/c1-19-18-23-12-8-7-11-13(14(12)25(18)2)17(26)24-16(22-11)15-20-9-5-3-4-6-10(9)21-15;7-5-2-1-3-6(8)4-5/h3-8H,1-2H3,(H,19,23)(H,20,21)(H,22,24,26);1-4H. The summed E-state index contributed by atoms with van der Waals surface area (Å²) in [5.41, 5.74) is 3.59. The van der Waals surface area contributed by atoms with Crippen LogP contribution in [0.5, 0.6) is 0 Å². The summed E-state index contributed by atoms with van der Waals surface area (Å²) >= 11 is 11.1. The van der Waals surface area contributed by atoms with Crippen LogP contribution in [-0.4, -0.2) is 36.5 Å². The van der Waals surface area contributed by atoms with Gasteiger partial charge < -0.3 is 19.9 Å². The number of rotatable bonds is 2. The minimum Gasteiger partial charge on any atom is -0.359 e. The van der Waals surface area contributed by atoms with Crippen molar-refractivity contribution in [2.75, 3.05) is 12.4 Å². The number of imidazole rings is 2. The molecular formula is C24H19Cl2N7O. The van der Waals surface area contributed by atoms with Gasteiger partial charge in [-0.15, -0.1) is 0 Å². The highest BCUT2D eigenvalue weighted by atomic mass is 35.5. The maximum Gasteiger partial charge on any atom is 0.261 e. The van der Waals surface area contributed by atoms with Gasteiger partial charge in [0.1, 0.15) is 0 Å². The molecule has 6 aromatic rings. The minimum atomic E-state index is -0.221. The second-order valence-electron chi connectivity index (χ2n) is 7.53. The van der Waals surface area contributed by atoms with Crippen LogP contribution in [0.4, 0.5) is 5.95 Å². The molecular weight excluding hydrogens is 473 g/mol. The number of aromatic nitrogens is 6. The van der Waals surface area contributed by atoms with Crippen molar-refractivity contribution in [2.45, 2.75) is 0 Å². The zero-order chi connectivity index (χ0) is 23.8. The molecule has 34 heavy (non-hydrogen) atoms. The lowest BCUT2D eigenvalue weighted by Crippen LogP contribution is -2.11. The van der Waals surface area contributed by atoms with E-state index in [0.717, 1.165) is 22.1 Å². The smallest absolute Gasteiger partial charge is 0.261 e.